The molecular weight excluding hydrogens is 236 g/mol. The molecule has 1 amide bonds. The van der Waals surface area contributed by atoms with Crippen LogP contribution in [0.2, 0.25) is 0 Å². The second-order valence-corrected chi connectivity index (χ2v) is 5.39. The zero-order valence-electron chi connectivity index (χ0n) is 11.3. The molecule has 0 spiro atoms. The minimum atomic E-state index is -0.532. The van der Waals surface area contributed by atoms with Crippen LogP contribution in [0.1, 0.15) is 20.8 Å². The van der Waals surface area contributed by atoms with E-state index < -0.39 is 11.7 Å². The van der Waals surface area contributed by atoms with E-state index in [0.29, 0.717) is 26.2 Å². The largest absolute Gasteiger partial charge is 0.444 e. The van der Waals surface area contributed by atoms with Crippen LogP contribution in [-0.2, 0) is 9.53 Å². The Morgan fingerprint density at radius 1 is 1.44 bits per heavy atom. The van der Waals surface area contributed by atoms with Gasteiger partial charge in [-0.2, -0.15) is 0 Å². The molecular formula is C12H22N2O4. The molecule has 0 aromatic heterocycles. The van der Waals surface area contributed by atoms with Crippen molar-refractivity contribution in [3.05, 3.63) is 0 Å². The molecule has 6 nitrogen and oxygen atoms in total. The lowest BCUT2D eigenvalue weighted by Gasteiger charge is -2.39. The van der Waals surface area contributed by atoms with Crippen molar-refractivity contribution in [2.45, 2.75) is 32.4 Å². The number of nitrogens with zero attached hydrogens (tertiary/aromatic N) is 2. The zero-order chi connectivity index (χ0) is 13.8. The van der Waals surface area contributed by atoms with Crippen LogP contribution in [0.15, 0.2) is 0 Å². The number of carbonyl (C=O) groups excluding carboxylic acids is 2. The third-order valence-corrected chi connectivity index (χ3v) is 2.73. The Morgan fingerprint density at radius 2 is 2.11 bits per heavy atom. The molecule has 1 aliphatic rings. The molecule has 0 aliphatic carbocycles. The summed E-state index contributed by atoms with van der Waals surface area (Å²) in [6.45, 7) is 7.29. The molecule has 1 N–H and O–H groups in total. The van der Waals surface area contributed by atoms with Crippen LogP contribution >= 0.6 is 0 Å². The van der Waals surface area contributed by atoms with E-state index in [1.165, 1.54) is 4.90 Å². The fraction of sp³-hybridized carbons (Fsp3) is 0.833. The number of ether oxygens (including phenoxy) is 1. The maximum Gasteiger partial charge on any atom is 0.410 e. The number of hydrogen-bond donors (Lipinski definition) is 1. The first-order chi connectivity index (χ1) is 8.37. The zero-order valence-corrected chi connectivity index (χ0v) is 11.3. The Kier molecular flexibility index (Phi) is 5.10. The summed E-state index contributed by atoms with van der Waals surface area (Å²) in [5.41, 5.74) is -0.532. The molecule has 1 heterocycles. The number of hydrogen-bond acceptors (Lipinski definition) is 5. The van der Waals surface area contributed by atoms with Gasteiger partial charge in [0, 0.05) is 26.2 Å². The minimum absolute atomic E-state index is 0.0107. The van der Waals surface area contributed by atoms with E-state index in [2.05, 4.69) is 0 Å². The normalized spacial score (nSPS) is 21.8. The average molecular weight is 258 g/mol. The van der Waals surface area contributed by atoms with Crippen LogP contribution in [0, 0.1) is 0 Å². The van der Waals surface area contributed by atoms with Crippen molar-refractivity contribution in [1.82, 2.24) is 9.80 Å². The fourth-order valence-electron chi connectivity index (χ4n) is 1.88. The third kappa shape index (κ3) is 4.27. The highest BCUT2D eigenvalue weighted by molar-refractivity contribution is 5.70. The highest BCUT2D eigenvalue weighted by Gasteiger charge is 2.31. The summed E-state index contributed by atoms with van der Waals surface area (Å²) in [4.78, 5) is 26.3. The molecule has 1 unspecified atom stereocenters. The van der Waals surface area contributed by atoms with Crippen LogP contribution in [0.3, 0.4) is 0 Å². The number of amides is 1. The number of aliphatic hydroxyl groups is 1. The molecule has 1 rings (SSSR count). The van der Waals surface area contributed by atoms with Gasteiger partial charge in [-0.05, 0) is 20.8 Å². The van der Waals surface area contributed by atoms with Crippen molar-refractivity contribution in [3.8, 4) is 0 Å². The average Bonchev–Trinajstić information content (AvgIpc) is 2.27. The number of piperazine rings is 1. The van der Waals surface area contributed by atoms with E-state index in [9.17, 15) is 9.59 Å². The maximum atomic E-state index is 11.9. The molecule has 0 aromatic rings. The van der Waals surface area contributed by atoms with E-state index >= 15 is 0 Å². The Balaban J connectivity index is 2.56. The van der Waals surface area contributed by atoms with Gasteiger partial charge in [0.1, 0.15) is 11.9 Å². The van der Waals surface area contributed by atoms with Crippen molar-refractivity contribution in [2.24, 2.45) is 0 Å². The highest BCUT2D eigenvalue weighted by Crippen LogP contribution is 2.14. The quantitative estimate of drug-likeness (QED) is 0.727. The highest BCUT2D eigenvalue weighted by atomic mass is 16.6. The molecule has 1 aliphatic heterocycles. The van der Waals surface area contributed by atoms with Crippen molar-refractivity contribution < 1.29 is 19.4 Å². The van der Waals surface area contributed by atoms with Gasteiger partial charge in [0.2, 0.25) is 0 Å². The van der Waals surface area contributed by atoms with E-state index in [4.69, 9.17) is 9.84 Å². The first-order valence-corrected chi connectivity index (χ1v) is 6.15. The molecule has 0 radical (unpaired) electrons. The Labute approximate surface area is 107 Å². The summed E-state index contributed by atoms with van der Waals surface area (Å²) >= 11 is 0. The summed E-state index contributed by atoms with van der Waals surface area (Å²) < 4.78 is 5.27. The van der Waals surface area contributed by atoms with E-state index in [1.807, 2.05) is 25.7 Å². The minimum Gasteiger partial charge on any atom is -0.444 e. The van der Waals surface area contributed by atoms with Crippen molar-refractivity contribution in [1.29, 1.82) is 0 Å². The smallest absolute Gasteiger partial charge is 0.410 e. The van der Waals surface area contributed by atoms with Gasteiger partial charge in [-0.25, -0.2) is 4.79 Å². The second-order valence-electron chi connectivity index (χ2n) is 5.39. The number of carbonyl (C=O) groups is 2. The van der Waals surface area contributed by atoms with Crippen molar-refractivity contribution >= 4 is 12.4 Å². The van der Waals surface area contributed by atoms with Gasteiger partial charge in [-0.3, -0.25) is 4.90 Å². The van der Waals surface area contributed by atoms with Gasteiger partial charge < -0.3 is 19.5 Å². The van der Waals surface area contributed by atoms with Gasteiger partial charge in [0.05, 0.1) is 12.6 Å². The van der Waals surface area contributed by atoms with Crippen molar-refractivity contribution in [3.63, 3.8) is 0 Å². The van der Waals surface area contributed by atoms with Crippen LogP contribution in [-0.4, -0.2) is 71.7 Å². The predicted octanol–water partition coefficient (Wildman–Crippen LogP) is 0.0989. The summed E-state index contributed by atoms with van der Waals surface area (Å²) in [7, 11) is 0. The number of aliphatic hydroxyl groups excluding tert-OH is 1. The number of aldehydes is 1. The summed E-state index contributed by atoms with van der Waals surface area (Å²) in [6, 6.07) is -0.363. The van der Waals surface area contributed by atoms with E-state index in [-0.39, 0.29) is 12.6 Å². The Hall–Kier alpha value is -1.14. The summed E-state index contributed by atoms with van der Waals surface area (Å²) in [5, 5.41) is 8.90. The van der Waals surface area contributed by atoms with E-state index in [0.717, 1.165) is 6.29 Å². The number of rotatable bonds is 3. The molecule has 0 aromatic carbocycles. The molecule has 0 saturated carbocycles. The lowest BCUT2D eigenvalue weighted by atomic mass is 10.2. The SMILES string of the molecule is CC(C)(C)OC(=O)N1CCN(CCO)C(C=O)C1. The van der Waals surface area contributed by atoms with E-state index in [1.54, 1.807) is 0 Å². The standard InChI is InChI=1S/C12H22N2O4/c1-12(2,3)18-11(17)14-5-4-13(6-7-15)10(8-14)9-16/h9-10,15H,4-8H2,1-3H3. The van der Waals surface area contributed by atoms with Crippen LogP contribution < -0.4 is 0 Å². The van der Waals surface area contributed by atoms with Crippen LogP contribution in [0.5, 0.6) is 0 Å². The molecule has 1 fully saturated rings. The molecule has 104 valence electrons. The summed E-state index contributed by atoms with van der Waals surface area (Å²) in [5.74, 6) is 0. The molecule has 0 bridgehead atoms. The first kappa shape index (κ1) is 14.9. The van der Waals surface area contributed by atoms with Crippen molar-refractivity contribution in [2.75, 3.05) is 32.8 Å². The predicted molar refractivity (Wildman–Crippen MR) is 66.3 cm³/mol. The lowest BCUT2D eigenvalue weighted by molar-refractivity contribution is -0.114. The number of β-amino-alcohol motifs (C(OH)–C–C–N with tert-alkyl or cyclic N) is 1. The fourth-order valence-corrected chi connectivity index (χ4v) is 1.88. The lowest BCUT2D eigenvalue weighted by Crippen LogP contribution is -2.56. The molecule has 1 saturated heterocycles. The van der Waals surface area contributed by atoms with Crippen LogP contribution in [0.25, 0.3) is 0 Å². The van der Waals surface area contributed by atoms with Crippen LogP contribution in [0.4, 0.5) is 4.79 Å². The van der Waals surface area contributed by atoms with Gasteiger partial charge in [-0.1, -0.05) is 0 Å². The summed E-state index contributed by atoms with van der Waals surface area (Å²) in [6.07, 6.45) is 0.421. The van der Waals surface area contributed by atoms with Gasteiger partial charge in [0.25, 0.3) is 0 Å². The Bertz CT molecular complexity index is 301. The Morgan fingerprint density at radius 3 is 2.61 bits per heavy atom. The second kappa shape index (κ2) is 6.15. The topological polar surface area (TPSA) is 70.1 Å². The van der Waals surface area contributed by atoms with Gasteiger partial charge in [0.15, 0.2) is 0 Å². The maximum absolute atomic E-state index is 11.9. The molecule has 18 heavy (non-hydrogen) atoms. The molecule has 6 heteroatoms. The van der Waals surface area contributed by atoms with Gasteiger partial charge in [-0.15, -0.1) is 0 Å². The monoisotopic (exact) mass is 258 g/mol. The third-order valence-electron chi connectivity index (χ3n) is 2.73. The first-order valence-electron chi connectivity index (χ1n) is 6.15. The molecule has 1 atom stereocenters. The van der Waals surface area contributed by atoms with Gasteiger partial charge >= 0.3 is 6.09 Å².